The molecule has 2 aromatic rings. The van der Waals surface area contributed by atoms with Gasteiger partial charge in [0, 0.05) is 37.9 Å². The molecule has 1 saturated heterocycles. The third kappa shape index (κ3) is 5.87. The van der Waals surface area contributed by atoms with Crippen LogP contribution in [-0.2, 0) is 9.59 Å². The number of anilines is 2. The van der Waals surface area contributed by atoms with E-state index in [0.29, 0.717) is 13.1 Å². The molecule has 0 radical (unpaired) electrons. The van der Waals surface area contributed by atoms with Crippen LogP contribution in [0.4, 0.5) is 15.8 Å². The summed E-state index contributed by atoms with van der Waals surface area (Å²) in [5, 5.41) is 2.52. The summed E-state index contributed by atoms with van der Waals surface area (Å²) in [6, 6.07) is 13.9. The summed E-state index contributed by atoms with van der Waals surface area (Å²) in [6.45, 7) is 2.77. The van der Waals surface area contributed by atoms with Crippen LogP contribution in [0.5, 0.6) is 5.75 Å². The minimum Gasteiger partial charge on any atom is -0.497 e. The van der Waals surface area contributed by atoms with Gasteiger partial charge >= 0.3 is 0 Å². The Balaban J connectivity index is 1.39. The Hall–Kier alpha value is -2.74. The van der Waals surface area contributed by atoms with E-state index in [1.807, 2.05) is 29.2 Å². The molecule has 6 nitrogen and oxygen atoms in total. The number of rotatable bonds is 7. The van der Waals surface area contributed by atoms with Crippen molar-refractivity contribution in [1.82, 2.24) is 4.90 Å². The van der Waals surface area contributed by atoms with Crippen LogP contribution in [0.2, 0.25) is 0 Å². The third-order valence-electron chi connectivity index (χ3n) is 4.66. The molecule has 154 valence electrons. The van der Waals surface area contributed by atoms with Gasteiger partial charge in [0.15, 0.2) is 0 Å². The molecule has 1 heterocycles. The minimum atomic E-state index is -0.476. The van der Waals surface area contributed by atoms with Gasteiger partial charge in [-0.25, -0.2) is 4.39 Å². The average molecular weight is 418 g/mol. The van der Waals surface area contributed by atoms with E-state index in [9.17, 15) is 14.0 Å². The van der Waals surface area contributed by atoms with Crippen molar-refractivity contribution in [2.24, 2.45) is 0 Å². The molecular weight excluding hydrogens is 393 g/mol. The summed E-state index contributed by atoms with van der Waals surface area (Å²) in [5.74, 6) is 0.352. The highest BCUT2D eigenvalue weighted by Gasteiger charge is 2.21. The van der Waals surface area contributed by atoms with E-state index in [4.69, 9.17) is 4.74 Å². The van der Waals surface area contributed by atoms with Gasteiger partial charge in [-0.1, -0.05) is 18.2 Å². The number of amides is 2. The molecule has 2 aromatic carbocycles. The number of carbonyl (C=O) groups excluding carboxylic acids is 2. The molecule has 0 aliphatic carbocycles. The second-order valence-electron chi connectivity index (χ2n) is 6.59. The Morgan fingerprint density at radius 2 is 1.83 bits per heavy atom. The average Bonchev–Trinajstić information content (AvgIpc) is 2.75. The van der Waals surface area contributed by atoms with E-state index in [1.54, 1.807) is 19.2 Å². The van der Waals surface area contributed by atoms with E-state index < -0.39 is 5.82 Å². The number of thioether (sulfide) groups is 1. The summed E-state index contributed by atoms with van der Waals surface area (Å²) in [4.78, 5) is 28.4. The van der Waals surface area contributed by atoms with Gasteiger partial charge in [-0.3, -0.25) is 9.59 Å². The van der Waals surface area contributed by atoms with Crippen molar-refractivity contribution in [2.75, 3.05) is 55.0 Å². The van der Waals surface area contributed by atoms with Crippen LogP contribution >= 0.6 is 11.8 Å². The lowest BCUT2D eigenvalue weighted by molar-refractivity contribution is -0.128. The Morgan fingerprint density at radius 3 is 2.55 bits per heavy atom. The summed E-state index contributed by atoms with van der Waals surface area (Å²) in [7, 11) is 1.64. The monoisotopic (exact) mass is 417 g/mol. The highest BCUT2D eigenvalue weighted by Crippen LogP contribution is 2.22. The van der Waals surface area contributed by atoms with Crippen molar-refractivity contribution < 1.29 is 18.7 Å². The number of hydrogen-bond acceptors (Lipinski definition) is 5. The molecule has 1 aliphatic heterocycles. The number of para-hydroxylation sites is 1. The summed E-state index contributed by atoms with van der Waals surface area (Å²) >= 11 is 1.23. The fourth-order valence-electron chi connectivity index (χ4n) is 3.09. The number of carbonyl (C=O) groups is 2. The molecular formula is C21H24FN3O3S. The summed E-state index contributed by atoms with van der Waals surface area (Å²) in [6.07, 6.45) is 0. The maximum absolute atomic E-state index is 13.5. The largest absolute Gasteiger partial charge is 0.497 e. The van der Waals surface area contributed by atoms with Crippen LogP contribution < -0.4 is 15.0 Å². The molecule has 0 atom stereocenters. The van der Waals surface area contributed by atoms with Crippen LogP contribution in [0.3, 0.4) is 0 Å². The van der Waals surface area contributed by atoms with Gasteiger partial charge in [-0.05, 0) is 24.3 Å². The number of nitrogens with zero attached hydrogens (tertiary/aromatic N) is 2. The summed E-state index contributed by atoms with van der Waals surface area (Å²) in [5.41, 5.74) is 1.23. The Morgan fingerprint density at radius 1 is 1.07 bits per heavy atom. The molecule has 3 rings (SSSR count). The molecule has 1 N–H and O–H groups in total. The molecule has 1 fully saturated rings. The lowest BCUT2D eigenvalue weighted by Crippen LogP contribution is -2.49. The van der Waals surface area contributed by atoms with Crippen molar-refractivity contribution in [1.29, 1.82) is 0 Å². The van der Waals surface area contributed by atoms with Crippen LogP contribution in [0, 0.1) is 5.82 Å². The van der Waals surface area contributed by atoms with Crippen molar-refractivity contribution >= 4 is 35.0 Å². The topological polar surface area (TPSA) is 61.9 Å². The zero-order valence-corrected chi connectivity index (χ0v) is 17.1. The van der Waals surface area contributed by atoms with Gasteiger partial charge in [-0.15, -0.1) is 11.8 Å². The number of nitrogens with one attached hydrogen (secondary N) is 1. The number of methoxy groups -OCH3 is 1. The van der Waals surface area contributed by atoms with E-state index in [1.165, 1.54) is 23.9 Å². The predicted molar refractivity (Wildman–Crippen MR) is 114 cm³/mol. The van der Waals surface area contributed by atoms with Crippen molar-refractivity contribution in [3.05, 3.63) is 54.3 Å². The molecule has 0 aromatic heterocycles. The highest BCUT2D eigenvalue weighted by molar-refractivity contribution is 8.00. The Kier molecular flexibility index (Phi) is 7.35. The highest BCUT2D eigenvalue weighted by atomic mass is 32.2. The number of hydrogen-bond donors (Lipinski definition) is 1. The molecule has 29 heavy (non-hydrogen) atoms. The fourth-order valence-corrected chi connectivity index (χ4v) is 3.81. The van der Waals surface area contributed by atoms with E-state index in [0.717, 1.165) is 24.5 Å². The number of halogens is 1. The third-order valence-corrected chi connectivity index (χ3v) is 5.57. The van der Waals surface area contributed by atoms with Crippen molar-refractivity contribution in [3.8, 4) is 5.75 Å². The van der Waals surface area contributed by atoms with E-state index >= 15 is 0 Å². The first-order chi connectivity index (χ1) is 14.1. The van der Waals surface area contributed by atoms with Gasteiger partial charge in [0.2, 0.25) is 11.8 Å². The van der Waals surface area contributed by atoms with Crippen molar-refractivity contribution in [3.63, 3.8) is 0 Å². The quantitative estimate of drug-likeness (QED) is 0.751. The maximum Gasteiger partial charge on any atom is 0.234 e. The summed E-state index contributed by atoms with van der Waals surface area (Å²) < 4.78 is 18.8. The molecule has 0 bridgehead atoms. The molecule has 1 aliphatic rings. The maximum atomic E-state index is 13.5. The minimum absolute atomic E-state index is 0.0129. The normalized spacial score (nSPS) is 13.9. The molecule has 0 saturated carbocycles. The van der Waals surface area contributed by atoms with Gasteiger partial charge in [0.25, 0.3) is 0 Å². The Bertz CT molecular complexity index is 857. The van der Waals surface area contributed by atoms with Crippen LogP contribution in [0.25, 0.3) is 0 Å². The molecule has 0 spiro atoms. The van der Waals surface area contributed by atoms with Gasteiger partial charge in [0.1, 0.15) is 11.6 Å². The van der Waals surface area contributed by atoms with Crippen LogP contribution in [0.1, 0.15) is 0 Å². The zero-order chi connectivity index (χ0) is 20.6. The lowest BCUT2D eigenvalue weighted by atomic mass is 10.2. The zero-order valence-electron chi connectivity index (χ0n) is 16.3. The predicted octanol–water partition coefficient (Wildman–Crippen LogP) is 2.85. The smallest absolute Gasteiger partial charge is 0.234 e. The standard InChI is InChI=1S/C21H24FN3O3S/c1-28-17-6-4-5-16(13-17)24-9-11-25(12-10-24)21(27)15-29-14-20(26)23-19-8-3-2-7-18(19)22/h2-8,13H,9-12,14-15H2,1H3,(H,23,26). The molecule has 0 unspecified atom stereocenters. The second-order valence-corrected chi connectivity index (χ2v) is 7.58. The van der Waals surface area contributed by atoms with Gasteiger partial charge < -0.3 is 19.9 Å². The lowest BCUT2D eigenvalue weighted by Gasteiger charge is -2.36. The number of benzene rings is 2. The van der Waals surface area contributed by atoms with Crippen LogP contribution in [0.15, 0.2) is 48.5 Å². The number of piperazine rings is 1. The van der Waals surface area contributed by atoms with Gasteiger partial charge in [0.05, 0.1) is 24.3 Å². The SMILES string of the molecule is COc1cccc(N2CCN(C(=O)CSCC(=O)Nc3ccccc3F)CC2)c1. The van der Waals surface area contributed by atoms with Crippen LogP contribution in [-0.4, -0.2) is 61.5 Å². The Labute approximate surface area is 174 Å². The molecule has 2 amide bonds. The van der Waals surface area contributed by atoms with E-state index in [2.05, 4.69) is 10.2 Å². The second kappa shape index (κ2) is 10.2. The first kappa shape index (κ1) is 21.0. The van der Waals surface area contributed by atoms with Gasteiger partial charge in [-0.2, -0.15) is 0 Å². The first-order valence-corrected chi connectivity index (χ1v) is 10.5. The van der Waals surface area contributed by atoms with Crippen molar-refractivity contribution in [2.45, 2.75) is 0 Å². The van der Waals surface area contributed by atoms with E-state index in [-0.39, 0.29) is 29.0 Å². The first-order valence-electron chi connectivity index (χ1n) is 9.35. The number of ether oxygens (including phenoxy) is 1. The fraction of sp³-hybridized carbons (Fsp3) is 0.333. The molecule has 8 heteroatoms.